The van der Waals surface area contributed by atoms with Gasteiger partial charge in [-0.3, -0.25) is 19.2 Å². The Bertz CT molecular complexity index is 679. The average molecular weight is 360 g/mol. The zero-order valence-corrected chi connectivity index (χ0v) is 15.1. The fourth-order valence-electron chi connectivity index (χ4n) is 2.71. The summed E-state index contributed by atoms with van der Waals surface area (Å²) in [4.78, 5) is 49.8. The van der Waals surface area contributed by atoms with Gasteiger partial charge in [0, 0.05) is 64.2 Å². The maximum atomic E-state index is 12.2. The van der Waals surface area contributed by atoms with Gasteiger partial charge in [-0.1, -0.05) is 0 Å². The van der Waals surface area contributed by atoms with Gasteiger partial charge in [0.05, 0.1) is 0 Å². The number of benzene rings is 1. The van der Waals surface area contributed by atoms with E-state index in [-0.39, 0.29) is 36.5 Å². The van der Waals surface area contributed by atoms with Crippen molar-refractivity contribution in [2.45, 2.75) is 26.7 Å². The Labute approximate surface area is 152 Å². The van der Waals surface area contributed by atoms with Crippen molar-refractivity contribution in [3.8, 4) is 0 Å². The standard InChI is InChI=1S/C18H24N4O4/c1-13(23)19-15-3-5-16(6-4-15)20-17(25)7-8-18(26)22-11-9-21(10-12-22)14(2)24/h3-6H,7-12H2,1-2H3,(H,19,23)(H,20,25). The highest BCUT2D eigenvalue weighted by Crippen LogP contribution is 2.14. The first-order valence-electron chi connectivity index (χ1n) is 8.56. The van der Waals surface area contributed by atoms with Gasteiger partial charge < -0.3 is 20.4 Å². The van der Waals surface area contributed by atoms with Crippen LogP contribution in [-0.2, 0) is 19.2 Å². The first-order chi connectivity index (χ1) is 12.3. The zero-order valence-electron chi connectivity index (χ0n) is 15.1. The molecule has 2 rings (SSSR count). The second kappa shape index (κ2) is 8.98. The molecule has 1 aliphatic rings. The van der Waals surface area contributed by atoms with Crippen LogP contribution in [0.4, 0.5) is 11.4 Å². The molecule has 1 fully saturated rings. The third kappa shape index (κ3) is 5.87. The van der Waals surface area contributed by atoms with Gasteiger partial charge in [-0.15, -0.1) is 0 Å². The Morgan fingerprint density at radius 2 is 1.31 bits per heavy atom. The summed E-state index contributed by atoms with van der Waals surface area (Å²) >= 11 is 0. The van der Waals surface area contributed by atoms with E-state index in [1.165, 1.54) is 13.8 Å². The lowest BCUT2D eigenvalue weighted by Gasteiger charge is -2.34. The molecule has 1 heterocycles. The highest BCUT2D eigenvalue weighted by atomic mass is 16.2. The molecule has 8 heteroatoms. The molecule has 26 heavy (non-hydrogen) atoms. The Balaban J connectivity index is 1.73. The van der Waals surface area contributed by atoms with E-state index in [4.69, 9.17) is 0 Å². The van der Waals surface area contributed by atoms with Crippen LogP contribution in [0.2, 0.25) is 0 Å². The summed E-state index contributed by atoms with van der Waals surface area (Å²) in [5.74, 6) is -0.470. The molecule has 1 aromatic rings. The molecular formula is C18H24N4O4. The van der Waals surface area contributed by atoms with Gasteiger partial charge in [0.15, 0.2) is 0 Å². The van der Waals surface area contributed by atoms with E-state index >= 15 is 0 Å². The molecule has 0 radical (unpaired) electrons. The summed E-state index contributed by atoms with van der Waals surface area (Å²) in [6, 6.07) is 6.76. The van der Waals surface area contributed by atoms with Gasteiger partial charge in [0.2, 0.25) is 23.6 Å². The molecule has 0 saturated carbocycles. The lowest BCUT2D eigenvalue weighted by molar-refractivity contribution is -0.138. The Morgan fingerprint density at radius 3 is 1.81 bits per heavy atom. The summed E-state index contributed by atoms with van der Waals surface area (Å²) in [5, 5.41) is 5.37. The van der Waals surface area contributed by atoms with Crippen molar-refractivity contribution in [2.75, 3.05) is 36.8 Å². The molecule has 0 bridgehead atoms. The molecule has 1 saturated heterocycles. The smallest absolute Gasteiger partial charge is 0.224 e. The number of hydrogen-bond acceptors (Lipinski definition) is 4. The number of rotatable bonds is 5. The van der Waals surface area contributed by atoms with Crippen molar-refractivity contribution in [3.05, 3.63) is 24.3 Å². The van der Waals surface area contributed by atoms with Gasteiger partial charge in [-0.05, 0) is 24.3 Å². The van der Waals surface area contributed by atoms with Crippen LogP contribution in [-0.4, -0.2) is 59.6 Å². The SMILES string of the molecule is CC(=O)Nc1ccc(NC(=O)CCC(=O)N2CCN(C(C)=O)CC2)cc1. The summed E-state index contributed by atoms with van der Waals surface area (Å²) in [7, 11) is 0. The molecule has 0 unspecified atom stereocenters. The lowest BCUT2D eigenvalue weighted by atomic mass is 10.2. The normalized spacial score (nSPS) is 13.9. The quantitative estimate of drug-likeness (QED) is 0.820. The molecule has 1 aromatic carbocycles. The van der Waals surface area contributed by atoms with Crippen molar-refractivity contribution >= 4 is 35.0 Å². The number of hydrogen-bond donors (Lipinski definition) is 2. The second-order valence-electron chi connectivity index (χ2n) is 6.19. The molecule has 140 valence electrons. The van der Waals surface area contributed by atoms with E-state index in [1.54, 1.807) is 34.1 Å². The second-order valence-corrected chi connectivity index (χ2v) is 6.19. The lowest BCUT2D eigenvalue weighted by Crippen LogP contribution is -2.50. The number of anilines is 2. The largest absolute Gasteiger partial charge is 0.339 e. The Morgan fingerprint density at radius 1 is 0.808 bits per heavy atom. The van der Waals surface area contributed by atoms with Gasteiger partial charge in [-0.2, -0.15) is 0 Å². The van der Waals surface area contributed by atoms with Gasteiger partial charge in [0.25, 0.3) is 0 Å². The van der Waals surface area contributed by atoms with Crippen LogP contribution in [0.3, 0.4) is 0 Å². The molecule has 1 aliphatic heterocycles. The van der Waals surface area contributed by atoms with Crippen LogP contribution in [0.5, 0.6) is 0 Å². The van der Waals surface area contributed by atoms with Crippen molar-refractivity contribution in [3.63, 3.8) is 0 Å². The third-order valence-corrected chi connectivity index (χ3v) is 4.13. The summed E-state index contributed by atoms with van der Waals surface area (Å²) in [5.41, 5.74) is 1.25. The van der Waals surface area contributed by atoms with Crippen LogP contribution >= 0.6 is 0 Å². The maximum Gasteiger partial charge on any atom is 0.224 e. The van der Waals surface area contributed by atoms with Crippen LogP contribution in [0.15, 0.2) is 24.3 Å². The number of nitrogens with one attached hydrogen (secondary N) is 2. The van der Waals surface area contributed by atoms with E-state index in [9.17, 15) is 19.2 Å². The highest BCUT2D eigenvalue weighted by Gasteiger charge is 2.22. The molecular weight excluding hydrogens is 336 g/mol. The monoisotopic (exact) mass is 360 g/mol. The van der Waals surface area contributed by atoms with Crippen molar-refractivity contribution < 1.29 is 19.2 Å². The van der Waals surface area contributed by atoms with Crippen molar-refractivity contribution in [1.29, 1.82) is 0 Å². The number of carbonyl (C=O) groups excluding carboxylic acids is 4. The maximum absolute atomic E-state index is 12.2. The molecule has 0 aliphatic carbocycles. The average Bonchev–Trinajstić information content (AvgIpc) is 2.61. The van der Waals surface area contributed by atoms with E-state index in [2.05, 4.69) is 10.6 Å². The van der Waals surface area contributed by atoms with Crippen LogP contribution < -0.4 is 10.6 Å². The predicted molar refractivity (Wildman–Crippen MR) is 97.4 cm³/mol. The van der Waals surface area contributed by atoms with E-state index in [0.29, 0.717) is 37.6 Å². The number of amides is 4. The number of carbonyl (C=O) groups is 4. The van der Waals surface area contributed by atoms with Crippen molar-refractivity contribution in [2.24, 2.45) is 0 Å². The number of nitrogens with zero attached hydrogens (tertiary/aromatic N) is 2. The van der Waals surface area contributed by atoms with Gasteiger partial charge in [0.1, 0.15) is 0 Å². The summed E-state index contributed by atoms with van der Waals surface area (Å²) in [6.45, 7) is 5.02. The molecule has 0 aromatic heterocycles. The topological polar surface area (TPSA) is 98.8 Å². The van der Waals surface area contributed by atoms with Crippen molar-refractivity contribution in [1.82, 2.24) is 9.80 Å². The molecule has 0 spiro atoms. The fourth-order valence-corrected chi connectivity index (χ4v) is 2.71. The van der Waals surface area contributed by atoms with Crippen LogP contribution in [0.25, 0.3) is 0 Å². The highest BCUT2D eigenvalue weighted by molar-refractivity contribution is 5.94. The molecule has 4 amide bonds. The minimum absolute atomic E-state index is 0.0148. The summed E-state index contributed by atoms with van der Waals surface area (Å²) < 4.78 is 0. The third-order valence-electron chi connectivity index (χ3n) is 4.13. The van der Waals surface area contributed by atoms with Crippen LogP contribution in [0, 0.1) is 0 Å². The Hall–Kier alpha value is -2.90. The molecule has 2 N–H and O–H groups in total. The summed E-state index contributed by atoms with van der Waals surface area (Å²) in [6.07, 6.45) is 0.231. The Kier molecular flexibility index (Phi) is 6.71. The first kappa shape index (κ1) is 19.4. The van der Waals surface area contributed by atoms with Crippen LogP contribution in [0.1, 0.15) is 26.7 Å². The molecule has 8 nitrogen and oxygen atoms in total. The van der Waals surface area contributed by atoms with Gasteiger partial charge >= 0.3 is 0 Å². The first-order valence-corrected chi connectivity index (χ1v) is 8.56. The van der Waals surface area contributed by atoms with E-state index in [0.717, 1.165) is 0 Å². The molecule has 0 atom stereocenters. The predicted octanol–water partition coefficient (Wildman–Crippen LogP) is 1.05. The fraction of sp³-hybridized carbons (Fsp3) is 0.444. The number of piperazine rings is 1. The minimum atomic E-state index is -0.243. The van der Waals surface area contributed by atoms with Gasteiger partial charge in [-0.25, -0.2) is 0 Å². The van der Waals surface area contributed by atoms with E-state index in [1.807, 2.05) is 0 Å². The van der Waals surface area contributed by atoms with E-state index < -0.39 is 0 Å². The minimum Gasteiger partial charge on any atom is -0.339 e. The zero-order chi connectivity index (χ0) is 19.1.